The van der Waals surface area contributed by atoms with Gasteiger partial charge >= 0.3 is 6.09 Å². The van der Waals surface area contributed by atoms with Crippen LogP contribution in [-0.2, 0) is 23.9 Å². The van der Waals surface area contributed by atoms with Crippen molar-refractivity contribution < 1.29 is 28.7 Å². The van der Waals surface area contributed by atoms with E-state index in [1.807, 2.05) is 6.92 Å². The minimum Gasteiger partial charge on any atom is -0.445 e. The van der Waals surface area contributed by atoms with Gasteiger partial charge in [-0.3, -0.25) is 19.2 Å². The van der Waals surface area contributed by atoms with E-state index in [9.17, 15) is 24.0 Å². The molecule has 8 atom stereocenters. The van der Waals surface area contributed by atoms with Crippen molar-refractivity contribution in [2.24, 2.45) is 40.4 Å². The Morgan fingerprint density at radius 1 is 0.978 bits per heavy atom. The molecule has 4 amide bonds. The van der Waals surface area contributed by atoms with Crippen LogP contribution in [0.15, 0.2) is 12.7 Å². The number of Topliss-reactive ketones (excluding diaryl/α,β-unsaturated/α-hetero) is 1. The molecule has 1 heterocycles. The van der Waals surface area contributed by atoms with E-state index in [0.717, 1.165) is 44.9 Å². The molecule has 45 heavy (non-hydrogen) atoms. The number of carbonyl (C=O) groups is 5. The van der Waals surface area contributed by atoms with Crippen molar-refractivity contribution >= 4 is 29.6 Å². The number of carbonyl (C=O) groups excluding carboxylic acids is 5. The lowest BCUT2D eigenvalue weighted by Crippen LogP contribution is -2.60. The smallest absolute Gasteiger partial charge is 0.408 e. The van der Waals surface area contributed by atoms with Crippen LogP contribution in [0, 0.1) is 40.4 Å². The van der Waals surface area contributed by atoms with Gasteiger partial charge < -0.3 is 25.6 Å². The molecule has 1 aliphatic heterocycles. The van der Waals surface area contributed by atoms with E-state index >= 15 is 0 Å². The highest BCUT2D eigenvalue weighted by Gasteiger charge is 2.70. The number of fused-ring (bicyclic) bond motifs is 3. The van der Waals surface area contributed by atoms with Crippen LogP contribution < -0.4 is 16.0 Å². The normalized spacial score (nSPS) is 32.2. The van der Waals surface area contributed by atoms with E-state index in [1.165, 1.54) is 12.5 Å². The fraction of sp³-hybridized carbons (Fsp3) is 0.800. The minimum absolute atomic E-state index is 0.0385. The van der Waals surface area contributed by atoms with Crippen molar-refractivity contribution in [1.29, 1.82) is 0 Å². The largest absolute Gasteiger partial charge is 0.445 e. The SMILES string of the molecule is C=CCNC(=O)C(=O)C(CCC)NC(=O)C1C2C(CN1C(=O)C(NC(=O)OC1C3CCC(C3)C1(C)C)C1CCCCC1)C2(C)C. The van der Waals surface area contributed by atoms with Gasteiger partial charge in [-0.25, -0.2) is 4.79 Å². The van der Waals surface area contributed by atoms with Gasteiger partial charge in [-0.05, 0) is 73.5 Å². The Balaban J connectivity index is 1.33. The molecule has 1 saturated heterocycles. The monoisotopic (exact) mass is 626 g/mol. The van der Waals surface area contributed by atoms with Crippen LogP contribution in [0.2, 0.25) is 0 Å². The number of piperidine rings is 1. The van der Waals surface area contributed by atoms with Crippen molar-refractivity contribution in [2.75, 3.05) is 13.1 Å². The zero-order chi connectivity index (χ0) is 32.7. The number of hydrogen-bond acceptors (Lipinski definition) is 6. The Kier molecular flexibility index (Phi) is 9.71. The molecule has 5 aliphatic rings. The number of nitrogens with zero attached hydrogens (tertiary/aromatic N) is 1. The summed E-state index contributed by atoms with van der Waals surface area (Å²) >= 11 is 0. The Hall–Kier alpha value is -2.91. The average Bonchev–Trinajstić information content (AvgIpc) is 3.48. The predicted octanol–water partition coefficient (Wildman–Crippen LogP) is 4.13. The maximum atomic E-state index is 14.5. The average molecular weight is 627 g/mol. The molecule has 5 rings (SSSR count). The molecule has 4 aliphatic carbocycles. The fourth-order valence-electron chi connectivity index (χ4n) is 9.40. The third-order valence-electron chi connectivity index (χ3n) is 12.2. The van der Waals surface area contributed by atoms with Gasteiger partial charge in [-0.1, -0.05) is 66.4 Å². The van der Waals surface area contributed by atoms with Crippen molar-refractivity contribution in [1.82, 2.24) is 20.9 Å². The first-order valence-corrected chi connectivity index (χ1v) is 17.3. The summed E-state index contributed by atoms with van der Waals surface area (Å²) in [5.41, 5.74) is -0.227. The van der Waals surface area contributed by atoms with Crippen LogP contribution in [0.4, 0.5) is 4.79 Å². The highest BCUT2D eigenvalue weighted by atomic mass is 16.6. The van der Waals surface area contributed by atoms with Crippen molar-refractivity contribution in [3.8, 4) is 0 Å². The van der Waals surface area contributed by atoms with Gasteiger partial charge in [0.05, 0.1) is 6.04 Å². The van der Waals surface area contributed by atoms with E-state index in [1.54, 1.807) is 4.90 Å². The molecule has 5 fully saturated rings. The summed E-state index contributed by atoms with van der Waals surface area (Å²) in [6, 6.07) is -2.56. The third-order valence-corrected chi connectivity index (χ3v) is 12.2. The number of ketones is 1. The molecule has 0 spiro atoms. The first-order valence-electron chi connectivity index (χ1n) is 17.3. The Morgan fingerprint density at radius 3 is 2.31 bits per heavy atom. The van der Waals surface area contributed by atoms with Gasteiger partial charge in [-0.15, -0.1) is 6.58 Å². The Morgan fingerprint density at radius 2 is 1.69 bits per heavy atom. The topological polar surface area (TPSA) is 134 Å². The summed E-state index contributed by atoms with van der Waals surface area (Å²) in [4.78, 5) is 69.1. The number of ether oxygens (including phenoxy) is 1. The zero-order valence-electron chi connectivity index (χ0n) is 27.9. The lowest BCUT2D eigenvalue weighted by molar-refractivity contribution is -0.145. The maximum absolute atomic E-state index is 14.5. The number of rotatable bonds is 12. The second-order valence-electron chi connectivity index (χ2n) is 15.5. The minimum atomic E-state index is -0.988. The van der Waals surface area contributed by atoms with Crippen LogP contribution >= 0.6 is 0 Å². The number of amides is 4. The molecule has 3 N–H and O–H groups in total. The van der Waals surface area contributed by atoms with E-state index < -0.39 is 41.8 Å². The molecule has 8 unspecified atom stereocenters. The first kappa shape index (κ1) is 33.5. The van der Waals surface area contributed by atoms with Gasteiger partial charge in [0.25, 0.3) is 5.91 Å². The number of alkyl carbamates (subject to hydrolysis) is 1. The van der Waals surface area contributed by atoms with Crippen molar-refractivity contribution in [3.05, 3.63) is 12.7 Å². The molecule has 250 valence electrons. The summed E-state index contributed by atoms with van der Waals surface area (Å²) in [6.45, 7) is 14.6. The Bertz CT molecular complexity index is 1190. The second-order valence-corrected chi connectivity index (χ2v) is 15.5. The first-order chi connectivity index (χ1) is 21.3. The molecule has 0 radical (unpaired) electrons. The summed E-state index contributed by atoms with van der Waals surface area (Å²) < 4.78 is 6.11. The highest BCUT2D eigenvalue weighted by Crippen LogP contribution is 2.65. The van der Waals surface area contributed by atoms with Crippen LogP contribution in [0.25, 0.3) is 0 Å². The molecular weight excluding hydrogens is 572 g/mol. The van der Waals surface area contributed by atoms with Crippen LogP contribution in [0.1, 0.15) is 98.8 Å². The molecule has 0 aromatic carbocycles. The number of hydrogen-bond donors (Lipinski definition) is 3. The van der Waals surface area contributed by atoms with Crippen LogP contribution in [0.3, 0.4) is 0 Å². The van der Waals surface area contributed by atoms with Crippen LogP contribution in [-0.4, -0.2) is 71.8 Å². The molecule has 10 heteroatoms. The van der Waals surface area contributed by atoms with E-state index in [0.29, 0.717) is 31.2 Å². The van der Waals surface area contributed by atoms with Crippen LogP contribution in [0.5, 0.6) is 0 Å². The quantitative estimate of drug-likeness (QED) is 0.220. The van der Waals surface area contributed by atoms with E-state index in [2.05, 4.69) is 50.2 Å². The molecule has 2 bridgehead atoms. The molecule has 10 nitrogen and oxygen atoms in total. The van der Waals surface area contributed by atoms with E-state index in [-0.39, 0.29) is 47.1 Å². The summed E-state index contributed by atoms with van der Waals surface area (Å²) in [5.74, 6) is -1.20. The zero-order valence-corrected chi connectivity index (χ0v) is 27.9. The van der Waals surface area contributed by atoms with Gasteiger partial charge in [0.2, 0.25) is 17.6 Å². The maximum Gasteiger partial charge on any atom is 0.408 e. The van der Waals surface area contributed by atoms with Gasteiger partial charge in [0, 0.05) is 18.5 Å². The summed E-state index contributed by atoms with van der Waals surface area (Å²) in [7, 11) is 0. The van der Waals surface area contributed by atoms with Gasteiger partial charge in [0.15, 0.2) is 0 Å². The Labute approximate surface area is 268 Å². The molecule has 0 aromatic heterocycles. The summed E-state index contributed by atoms with van der Waals surface area (Å²) in [6.07, 6.45) is 9.71. The van der Waals surface area contributed by atoms with Gasteiger partial charge in [-0.2, -0.15) is 0 Å². The lowest BCUT2D eigenvalue weighted by atomic mass is 9.74. The number of nitrogens with one attached hydrogen (secondary N) is 3. The second kappa shape index (κ2) is 13.1. The van der Waals surface area contributed by atoms with E-state index in [4.69, 9.17) is 4.74 Å². The molecule has 4 saturated carbocycles. The fourth-order valence-corrected chi connectivity index (χ4v) is 9.40. The predicted molar refractivity (Wildman–Crippen MR) is 170 cm³/mol. The summed E-state index contributed by atoms with van der Waals surface area (Å²) in [5, 5.41) is 8.36. The lowest BCUT2D eigenvalue weighted by Gasteiger charge is -2.39. The molecular formula is C35H54N4O6. The number of likely N-dealkylation sites (tertiary alicyclic amines) is 1. The third kappa shape index (κ3) is 6.39. The van der Waals surface area contributed by atoms with Crippen molar-refractivity contribution in [3.63, 3.8) is 0 Å². The molecule has 0 aromatic rings. The highest BCUT2D eigenvalue weighted by molar-refractivity contribution is 6.38. The van der Waals surface area contributed by atoms with Crippen molar-refractivity contribution in [2.45, 2.75) is 123 Å². The standard InChI is InChI=1S/C35H54N4O6/c1-7-12-24(28(40)31(42)36-17-8-2)37-30(41)27-25-23(35(25,5)6)19-39(27)32(43)26(20-13-10-9-11-14-20)38-33(44)45-29-21-15-16-22(18-21)34(29,3)4/h8,20-27,29H,2,7,9-19H2,1,3-6H3,(H,36,42)(H,37,41)(H,38,44). The van der Waals surface area contributed by atoms with Gasteiger partial charge in [0.1, 0.15) is 18.2 Å².